The van der Waals surface area contributed by atoms with E-state index in [1.165, 1.54) is 19.3 Å². The van der Waals surface area contributed by atoms with Crippen LogP contribution >= 0.6 is 11.3 Å². The van der Waals surface area contributed by atoms with Crippen molar-refractivity contribution in [3.8, 4) is 0 Å². The largest absolute Gasteiger partial charge is 0.271 e. The van der Waals surface area contributed by atoms with Crippen LogP contribution in [-0.2, 0) is 0 Å². The molecule has 0 saturated heterocycles. The summed E-state index contributed by atoms with van der Waals surface area (Å²) >= 11 is 1.63. The molecule has 0 aromatic carbocycles. The lowest BCUT2D eigenvalue weighted by atomic mass is 9.80. The fraction of sp³-hybridized carbons (Fsp3) is 0.667. The highest BCUT2D eigenvalue weighted by Gasteiger charge is 2.23. The number of rotatable bonds is 4. The zero-order valence-electron chi connectivity index (χ0n) is 7.57. The second kappa shape index (κ2) is 4.17. The monoisotopic (exact) mass is 197 g/mol. The van der Waals surface area contributed by atoms with E-state index < -0.39 is 0 Å². The van der Waals surface area contributed by atoms with Crippen molar-refractivity contribution in [3.63, 3.8) is 0 Å². The first-order valence-electron chi connectivity index (χ1n) is 4.74. The van der Waals surface area contributed by atoms with Crippen molar-refractivity contribution in [2.24, 2.45) is 11.8 Å². The number of hydrazine groups is 1. The van der Waals surface area contributed by atoms with Gasteiger partial charge in [0.05, 0.1) is 17.2 Å². The Kier molecular flexibility index (Phi) is 2.93. The molecule has 1 aromatic rings. The van der Waals surface area contributed by atoms with Crippen molar-refractivity contribution < 1.29 is 0 Å². The van der Waals surface area contributed by atoms with E-state index in [2.05, 4.69) is 15.8 Å². The molecule has 1 heterocycles. The maximum atomic E-state index is 5.51. The highest BCUT2D eigenvalue weighted by Crippen LogP contribution is 2.34. The molecule has 0 radical (unpaired) electrons. The Bertz CT molecular complexity index is 243. The molecule has 4 heteroatoms. The SMILES string of the molecule is NNC(CC1CCC1)c1cscn1. The van der Waals surface area contributed by atoms with Gasteiger partial charge in [-0.05, 0) is 12.3 Å². The van der Waals surface area contributed by atoms with Crippen LogP contribution in [0, 0.1) is 5.92 Å². The predicted molar refractivity (Wildman–Crippen MR) is 54.1 cm³/mol. The van der Waals surface area contributed by atoms with E-state index in [1.807, 2.05) is 5.51 Å². The molecular formula is C9H15N3S. The van der Waals surface area contributed by atoms with Crippen LogP contribution in [0.3, 0.4) is 0 Å². The van der Waals surface area contributed by atoms with Crippen LogP contribution in [0.4, 0.5) is 0 Å². The molecule has 1 aliphatic carbocycles. The van der Waals surface area contributed by atoms with Gasteiger partial charge in [0.15, 0.2) is 0 Å². The molecule has 1 saturated carbocycles. The van der Waals surface area contributed by atoms with Gasteiger partial charge in [-0.1, -0.05) is 19.3 Å². The molecule has 72 valence electrons. The van der Waals surface area contributed by atoms with Crippen LogP contribution < -0.4 is 11.3 Å². The number of nitrogens with one attached hydrogen (secondary N) is 1. The Hall–Kier alpha value is -0.450. The zero-order valence-corrected chi connectivity index (χ0v) is 8.39. The van der Waals surface area contributed by atoms with Gasteiger partial charge in [0, 0.05) is 5.38 Å². The van der Waals surface area contributed by atoms with Gasteiger partial charge in [-0.15, -0.1) is 11.3 Å². The van der Waals surface area contributed by atoms with Crippen LogP contribution in [0.15, 0.2) is 10.9 Å². The maximum Gasteiger partial charge on any atom is 0.0795 e. The standard InChI is InChI=1S/C9H15N3S/c10-12-8(4-7-2-1-3-7)9-5-13-6-11-9/h5-8,12H,1-4,10H2. The van der Waals surface area contributed by atoms with Gasteiger partial charge >= 0.3 is 0 Å². The topological polar surface area (TPSA) is 50.9 Å². The second-order valence-corrected chi connectivity index (χ2v) is 4.38. The lowest BCUT2D eigenvalue weighted by Crippen LogP contribution is -2.31. The van der Waals surface area contributed by atoms with E-state index in [-0.39, 0.29) is 6.04 Å². The molecular weight excluding hydrogens is 182 g/mol. The molecule has 13 heavy (non-hydrogen) atoms. The van der Waals surface area contributed by atoms with E-state index >= 15 is 0 Å². The lowest BCUT2D eigenvalue weighted by molar-refractivity contribution is 0.260. The molecule has 1 atom stereocenters. The number of hydrogen-bond donors (Lipinski definition) is 2. The van der Waals surface area contributed by atoms with Crippen LogP contribution in [0.1, 0.15) is 37.4 Å². The van der Waals surface area contributed by atoms with Crippen LogP contribution in [-0.4, -0.2) is 4.98 Å². The van der Waals surface area contributed by atoms with Gasteiger partial charge < -0.3 is 0 Å². The normalized spacial score (nSPS) is 19.8. The van der Waals surface area contributed by atoms with Crippen molar-refractivity contribution in [2.45, 2.75) is 31.7 Å². The van der Waals surface area contributed by atoms with E-state index in [1.54, 1.807) is 11.3 Å². The van der Waals surface area contributed by atoms with Crippen molar-refractivity contribution in [1.82, 2.24) is 10.4 Å². The fourth-order valence-corrected chi connectivity index (χ4v) is 2.34. The summed E-state index contributed by atoms with van der Waals surface area (Å²) in [5, 5.41) is 2.07. The van der Waals surface area contributed by atoms with Gasteiger partial charge in [-0.25, -0.2) is 4.98 Å². The van der Waals surface area contributed by atoms with Crippen molar-refractivity contribution in [3.05, 3.63) is 16.6 Å². The zero-order chi connectivity index (χ0) is 9.10. The first-order chi connectivity index (χ1) is 6.40. The highest BCUT2D eigenvalue weighted by atomic mass is 32.1. The first-order valence-corrected chi connectivity index (χ1v) is 5.68. The smallest absolute Gasteiger partial charge is 0.0795 e. The number of nitrogens with two attached hydrogens (primary N) is 1. The molecule has 0 amide bonds. The average Bonchev–Trinajstić information content (AvgIpc) is 2.55. The van der Waals surface area contributed by atoms with Gasteiger partial charge in [0.25, 0.3) is 0 Å². The second-order valence-electron chi connectivity index (χ2n) is 3.67. The number of hydrogen-bond acceptors (Lipinski definition) is 4. The number of nitrogens with zero attached hydrogens (tertiary/aromatic N) is 1. The minimum Gasteiger partial charge on any atom is -0.271 e. The predicted octanol–water partition coefficient (Wildman–Crippen LogP) is 1.84. The first kappa shape index (κ1) is 9.12. The molecule has 1 unspecified atom stereocenters. The third-order valence-electron chi connectivity index (χ3n) is 2.80. The van der Waals surface area contributed by atoms with E-state index in [4.69, 9.17) is 5.84 Å². The Morgan fingerprint density at radius 1 is 1.69 bits per heavy atom. The Morgan fingerprint density at radius 2 is 2.54 bits per heavy atom. The molecule has 3 nitrogen and oxygen atoms in total. The molecule has 2 rings (SSSR count). The summed E-state index contributed by atoms with van der Waals surface area (Å²) in [6.07, 6.45) is 5.25. The number of aromatic nitrogens is 1. The van der Waals surface area contributed by atoms with Gasteiger partial charge in [0.1, 0.15) is 0 Å². The van der Waals surface area contributed by atoms with Crippen LogP contribution in [0.25, 0.3) is 0 Å². The molecule has 0 bridgehead atoms. The summed E-state index contributed by atoms with van der Waals surface area (Å²) in [5.74, 6) is 6.37. The Morgan fingerprint density at radius 3 is 3.00 bits per heavy atom. The Labute approximate surface area is 82.3 Å². The summed E-state index contributed by atoms with van der Waals surface area (Å²) in [7, 11) is 0. The summed E-state index contributed by atoms with van der Waals surface area (Å²) in [5.41, 5.74) is 5.81. The summed E-state index contributed by atoms with van der Waals surface area (Å²) < 4.78 is 0. The third kappa shape index (κ3) is 2.07. The van der Waals surface area contributed by atoms with Crippen molar-refractivity contribution in [1.29, 1.82) is 0 Å². The molecule has 1 fully saturated rings. The van der Waals surface area contributed by atoms with E-state index in [0.717, 1.165) is 18.0 Å². The summed E-state index contributed by atoms with van der Waals surface area (Å²) in [6, 6.07) is 0.261. The van der Waals surface area contributed by atoms with Crippen molar-refractivity contribution >= 4 is 11.3 Å². The van der Waals surface area contributed by atoms with Crippen LogP contribution in [0.5, 0.6) is 0 Å². The highest BCUT2D eigenvalue weighted by molar-refractivity contribution is 7.07. The molecule has 3 N–H and O–H groups in total. The molecule has 1 aliphatic rings. The fourth-order valence-electron chi connectivity index (χ4n) is 1.73. The molecule has 1 aromatic heterocycles. The lowest BCUT2D eigenvalue weighted by Gasteiger charge is -2.28. The summed E-state index contributed by atoms with van der Waals surface area (Å²) in [6.45, 7) is 0. The third-order valence-corrected chi connectivity index (χ3v) is 3.41. The van der Waals surface area contributed by atoms with Crippen molar-refractivity contribution in [2.75, 3.05) is 0 Å². The number of thiazole rings is 1. The Balaban J connectivity index is 1.92. The summed E-state index contributed by atoms with van der Waals surface area (Å²) in [4.78, 5) is 4.27. The maximum absolute atomic E-state index is 5.51. The van der Waals surface area contributed by atoms with Gasteiger partial charge in [-0.3, -0.25) is 11.3 Å². The van der Waals surface area contributed by atoms with Gasteiger partial charge in [0.2, 0.25) is 0 Å². The van der Waals surface area contributed by atoms with E-state index in [9.17, 15) is 0 Å². The molecule has 0 aliphatic heterocycles. The minimum absolute atomic E-state index is 0.261. The quantitative estimate of drug-likeness (QED) is 0.572. The van der Waals surface area contributed by atoms with Gasteiger partial charge in [-0.2, -0.15) is 0 Å². The van der Waals surface area contributed by atoms with Crippen LogP contribution in [0.2, 0.25) is 0 Å². The molecule has 0 spiro atoms. The minimum atomic E-state index is 0.261. The average molecular weight is 197 g/mol. The van der Waals surface area contributed by atoms with E-state index in [0.29, 0.717) is 0 Å².